The van der Waals surface area contributed by atoms with Gasteiger partial charge in [-0.15, -0.1) is 0 Å². The molecule has 2 aromatic rings. The number of aliphatic hydroxyl groups is 1. The predicted molar refractivity (Wildman–Crippen MR) is 123 cm³/mol. The van der Waals surface area contributed by atoms with Crippen LogP contribution in [0.25, 0.3) is 0 Å². The van der Waals surface area contributed by atoms with Crippen LogP contribution in [0.15, 0.2) is 78.0 Å². The summed E-state index contributed by atoms with van der Waals surface area (Å²) in [5.41, 5.74) is -0.871. The van der Waals surface area contributed by atoms with Crippen LogP contribution in [0.2, 0.25) is 10.0 Å². The highest BCUT2D eigenvalue weighted by molar-refractivity contribution is 6.30. The first kappa shape index (κ1) is 21.2. The summed E-state index contributed by atoms with van der Waals surface area (Å²) in [6.45, 7) is 1.94. The molecule has 4 atom stereocenters. The van der Waals surface area contributed by atoms with E-state index >= 15 is 0 Å². The molecule has 0 saturated carbocycles. The van der Waals surface area contributed by atoms with E-state index < -0.39 is 29.3 Å². The average Bonchev–Trinajstić information content (AvgIpc) is 3.23. The largest absolute Gasteiger partial charge is 0.465 e. The number of allylic oxidation sites excluding steroid dienone is 2. The van der Waals surface area contributed by atoms with E-state index in [0.29, 0.717) is 21.4 Å². The van der Waals surface area contributed by atoms with Gasteiger partial charge in [0.15, 0.2) is 11.2 Å². The highest BCUT2D eigenvalue weighted by Gasteiger charge is 2.73. The molecule has 1 fully saturated rings. The minimum absolute atomic E-state index is 0.201. The molecule has 0 bridgehead atoms. The molecule has 0 aliphatic carbocycles. The summed E-state index contributed by atoms with van der Waals surface area (Å²) in [5.74, 6) is 0.121. The Morgan fingerprint density at radius 3 is 2.34 bits per heavy atom. The van der Waals surface area contributed by atoms with Crippen LogP contribution >= 0.6 is 23.2 Å². The number of carbonyl (C=O) groups is 1. The maximum Gasteiger partial charge on any atom is 0.326 e. The number of benzene rings is 2. The lowest BCUT2D eigenvalue weighted by Gasteiger charge is -2.45. The standard InChI is InChI=1S/C24H21Cl2N3O3/c1-2-32-22(31)20-21(30)23(15-6-10-17(25)11-7-15)24(28-20,16-8-12-18(26)13-9-16)29-14-4-3-5-19(29)27-23/h3-14,20-21,28,30H,2H2,1H3. The zero-order chi connectivity index (χ0) is 22.5. The lowest BCUT2D eigenvalue weighted by molar-refractivity contribution is -0.148. The van der Waals surface area contributed by atoms with Crippen LogP contribution in [-0.2, 0) is 20.7 Å². The molecular weight excluding hydrogens is 449 g/mol. The van der Waals surface area contributed by atoms with E-state index in [4.69, 9.17) is 32.9 Å². The van der Waals surface area contributed by atoms with E-state index in [2.05, 4.69) is 5.32 Å². The van der Waals surface area contributed by atoms with Crippen molar-refractivity contribution in [2.24, 2.45) is 4.99 Å². The molecule has 6 nitrogen and oxygen atoms in total. The smallest absolute Gasteiger partial charge is 0.326 e. The van der Waals surface area contributed by atoms with Gasteiger partial charge in [-0.05, 0) is 54.5 Å². The normalized spacial score (nSPS) is 30.1. The van der Waals surface area contributed by atoms with Crippen LogP contribution in [-0.4, -0.2) is 40.6 Å². The van der Waals surface area contributed by atoms with Crippen molar-refractivity contribution in [3.63, 3.8) is 0 Å². The van der Waals surface area contributed by atoms with Crippen molar-refractivity contribution in [1.29, 1.82) is 0 Å². The molecule has 3 aliphatic rings. The molecule has 0 aromatic heterocycles. The maximum absolute atomic E-state index is 12.9. The summed E-state index contributed by atoms with van der Waals surface area (Å²) >= 11 is 12.4. The van der Waals surface area contributed by atoms with Crippen LogP contribution in [0.1, 0.15) is 18.1 Å². The summed E-state index contributed by atoms with van der Waals surface area (Å²) in [4.78, 5) is 19.9. The van der Waals surface area contributed by atoms with E-state index in [0.717, 1.165) is 5.56 Å². The van der Waals surface area contributed by atoms with Gasteiger partial charge in [0.2, 0.25) is 0 Å². The number of ether oxygens (including phenoxy) is 1. The summed E-state index contributed by atoms with van der Waals surface area (Å²) in [6, 6.07) is 13.5. The van der Waals surface area contributed by atoms with Gasteiger partial charge in [-0.3, -0.25) is 10.1 Å². The topological polar surface area (TPSA) is 74.2 Å². The Hall–Kier alpha value is -2.64. The number of halogens is 2. The van der Waals surface area contributed by atoms with Gasteiger partial charge in [0.05, 0.1) is 6.61 Å². The van der Waals surface area contributed by atoms with Gasteiger partial charge in [0.1, 0.15) is 18.0 Å². The predicted octanol–water partition coefficient (Wildman–Crippen LogP) is 3.74. The second kappa shape index (κ2) is 7.74. The number of aliphatic hydroxyl groups excluding tert-OH is 1. The van der Waals surface area contributed by atoms with Crippen LogP contribution in [0, 0.1) is 0 Å². The Morgan fingerprint density at radius 1 is 1.09 bits per heavy atom. The Balaban J connectivity index is 1.81. The second-order valence-corrected chi connectivity index (χ2v) is 8.72. The number of rotatable bonds is 4. The van der Waals surface area contributed by atoms with Crippen molar-refractivity contribution in [3.05, 3.63) is 94.1 Å². The fourth-order valence-electron chi connectivity index (χ4n) is 4.96. The quantitative estimate of drug-likeness (QED) is 0.667. The molecule has 8 heteroatoms. The van der Waals surface area contributed by atoms with Crippen LogP contribution in [0.3, 0.4) is 0 Å². The third kappa shape index (κ3) is 2.80. The van der Waals surface area contributed by atoms with E-state index in [1.165, 1.54) is 0 Å². The minimum atomic E-state index is -1.27. The van der Waals surface area contributed by atoms with Gasteiger partial charge in [0.25, 0.3) is 0 Å². The van der Waals surface area contributed by atoms with Gasteiger partial charge in [-0.1, -0.05) is 53.5 Å². The number of fused-ring (bicyclic) bond motifs is 3. The molecule has 0 amide bonds. The number of hydrogen-bond acceptors (Lipinski definition) is 6. The number of esters is 1. The van der Waals surface area contributed by atoms with Crippen molar-refractivity contribution >= 4 is 35.0 Å². The van der Waals surface area contributed by atoms with Crippen LogP contribution < -0.4 is 5.32 Å². The lowest BCUT2D eigenvalue weighted by atomic mass is 9.73. The molecule has 164 valence electrons. The average molecular weight is 470 g/mol. The summed E-state index contributed by atoms with van der Waals surface area (Å²) in [6.07, 6.45) is 6.31. The number of hydrogen-bond donors (Lipinski definition) is 2. The van der Waals surface area contributed by atoms with E-state index in [1.807, 2.05) is 53.6 Å². The van der Waals surface area contributed by atoms with E-state index in [9.17, 15) is 9.90 Å². The van der Waals surface area contributed by atoms with Crippen molar-refractivity contribution in [3.8, 4) is 0 Å². The molecule has 32 heavy (non-hydrogen) atoms. The third-order valence-electron chi connectivity index (χ3n) is 6.24. The van der Waals surface area contributed by atoms with Gasteiger partial charge in [-0.25, -0.2) is 4.99 Å². The SMILES string of the molecule is CCOC(=O)C1NC2(c3ccc(Cl)cc3)N3C=CC=CC3=NC2(c2ccc(Cl)cc2)C1O. The fourth-order valence-corrected chi connectivity index (χ4v) is 5.21. The van der Waals surface area contributed by atoms with Gasteiger partial charge in [0, 0.05) is 16.2 Å². The van der Waals surface area contributed by atoms with Gasteiger partial charge >= 0.3 is 5.97 Å². The Morgan fingerprint density at radius 2 is 1.72 bits per heavy atom. The molecule has 5 rings (SSSR count). The Bertz CT molecular complexity index is 1150. The highest BCUT2D eigenvalue weighted by Crippen LogP contribution is 2.58. The van der Waals surface area contributed by atoms with Crippen molar-refractivity contribution in [2.75, 3.05) is 6.61 Å². The third-order valence-corrected chi connectivity index (χ3v) is 6.74. The summed E-state index contributed by atoms with van der Waals surface area (Å²) < 4.78 is 5.29. The van der Waals surface area contributed by atoms with Crippen molar-refractivity contribution in [1.82, 2.24) is 10.2 Å². The van der Waals surface area contributed by atoms with Crippen LogP contribution in [0.4, 0.5) is 0 Å². The zero-order valence-corrected chi connectivity index (χ0v) is 18.7. The first-order valence-corrected chi connectivity index (χ1v) is 11.1. The zero-order valence-electron chi connectivity index (χ0n) is 17.2. The minimum Gasteiger partial charge on any atom is -0.465 e. The molecule has 3 aliphatic heterocycles. The first-order valence-electron chi connectivity index (χ1n) is 10.3. The van der Waals surface area contributed by atoms with Gasteiger partial charge < -0.3 is 14.7 Å². The molecule has 4 unspecified atom stereocenters. The van der Waals surface area contributed by atoms with Crippen LogP contribution in [0.5, 0.6) is 0 Å². The molecule has 0 radical (unpaired) electrons. The Labute approximate surface area is 195 Å². The van der Waals surface area contributed by atoms with E-state index in [1.54, 1.807) is 31.2 Å². The Kier molecular flexibility index (Phi) is 5.13. The number of carbonyl (C=O) groups excluding carboxylic acids is 1. The number of amidine groups is 1. The number of aliphatic imine (C=N–C) groups is 1. The molecule has 3 heterocycles. The second-order valence-electron chi connectivity index (χ2n) is 7.85. The monoisotopic (exact) mass is 469 g/mol. The maximum atomic E-state index is 12.9. The number of nitrogens with zero attached hydrogens (tertiary/aromatic N) is 2. The first-order chi connectivity index (χ1) is 15.4. The fraction of sp³-hybridized carbons (Fsp3) is 0.250. The molecular formula is C24H21Cl2N3O3. The highest BCUT2D eigenvalue weighted by atomic mass is 35.5. The van der Waals surface area contributed by atoms with Gasteiger partial charge in [-0.2, -0.15) is 0 Å². The molecule has 2 N–H and O–H groups in total. The molecule has 2 aromatic carbocycles. The van der Waals surface area contributed by atoms with Crippen molar-refractivity contribution in [2.45, 2.75) is 30.3 Å². The summed E-state index contributed by atoms with van der Waals surface area (Å²) in [5, 5.41) is 16.3. The molecule has 1 saturated heterocycles. The van der Waals surface area contributed by atoms with Crippen molar-refractivity contribution < 1.29 is 14.6 Å². The summed E-state index contributed by atoms with van der Waals surface area (Å²) in [7, 11) is 0. The van der Waals surface area contributed by atoms with E-state index in [-0.39, 0.29) is 6.61 Å². The lowest BCUT2D eigenvalue weighted by Crippen LogP contribution is -2.59. The number of nitrogens with one attached hydrogen (secondary N) is 1. The molecule has 0 spiro atoms.